The predicted octanol–water partition coefficient (Wildman–Crippen LogP) is 3.43. The molecule has 0 spiro atoms. The molecule has 23 heavy (non-hydrogen) atoms. The molecule has 2 N–H and O–H groups in total. The van der Waals surface area contributed by atoms with Crippen LogP contribution < -0.4 is 10.6 Å². The molecule has 2 amide bonds. The maximum absolute atomic E-state index is 12.8. The van der Waals surface area contributed by atoms with Crippen LogP contribution in [0.1, 0.15) is 17.5 Å². The minimum Gasteiger partial charge on any atom is -0.352 e. The van der Waals surface area contributed by atoms with E-state index >= 15 is 0 Å². The lowest BCUT2D eigenvalue weighted by Crippen LogP contribution is -2.27. The van der Waals surface area contributed by atoms with Crippen LogP contribution in [0, 0.1) is 12.7 Å². The molecule has 120 valence electrons. The lowest BCUT2D eigenvalue weighted by atomic mass is 10.2. The van der Waals surface area contributed by atoms with Gasteiger partial charge < -0.3 is 10.6 Å². The summed E-state index contributed by atoms with van der Waals surface area (Å²) in [6, 6.07) is 10.9. The third kappa shape index (κ3) is 5.07. The SMILES string of the molecule is Cc1c(Cl)cccc1NC(=O)CC(=O)NCc1ccc(F)cc1. The summed E-state index contributed by atoms with van der Waals surface area (Å²) in [4.78, 5) is 23.6. The van der Waals surface area contributed by atoms with Crippen LogP contribution in [0.15, 0.2) is 42.5 Å². The van der Waals surface area contributed by atoms with Crippen molar-refractivity contribution in [3.05, 3.63) is 64.4 Å². The molecular weight excluding hydrogens is 319 g/mol. The first-order valence-electron chi connectivity index (χ1n) is 7.02. The Morgan fingerprint density at radius 3 is 2.48 bits per heavy atom. The van der Waals surface area contributed by atoms with Gasteiger partial charge >= 0.3 is 0 Å². The second kappa shape index (κ2) is 7.74. The smallest absolute Gasteiger partial charge is 0.233 e. The molecule has 0 bridgehead atoms. The number of hydrogen-bond donors (Lipinski definition) is 2. The normalized spacial score (nSPS) is 10.2. The van der Waals surface area contributed by atoms with Crippen LogP contribution >= 0.6 is 11.6 Å². The fourth-order valence-electron chi connectivity index (χ4n) is 1.95. The van der Waals surface area contributed by atoms with Crippen molar-refractivity contribution in [3.8, 4) is 0 Å². The maximum Gasteiger partial charge on any atom is 0.233 e. The highest BCUT2D eigenvalue weighted by molar-refractivity contribution is 6.31. The van der Waals surface area contributed by atoms with Gasteiger partial charge in [-0.3, -0.25) is 9.59 Å². The van der Waals surface area contributed by atoms with Gasteiger partial charge in [-0.1, -0.05) is 29.8 Å². The van der Waals surface area contributed by atoms with Crippen molar-refractivity contribution in [2.24, 2.45) is 0 Å². The lowest BCUT2D eigenvalue weighted by Gasteiger charge is -2.10. The minimum atomic E-state index is -0.424. The number of benzene rings is 2. The highest BCUT2D eigenvalue weighted by Gasteiger charge is 2.11. The van der Waals surface area contributed by atoms with E-state index in [1.807, 2.05) is 0 Å². The van der Waals surface area contributed by atoms with E-state index in [0.29, 0.717) is 10.7 Å². The van der Waals surface area contributed by atoms with Crippen molar-refractivity contribution >= 4 is 29.1 Å². The van der Waals surface area contributed by atoms with Gasteiger partial charge in [0.25, 0.3) is 0 Å². The Morgan fingerprint density at radius 1 is 1.09 bits per heavy atom. The number of carbonyl (C=O) groups excluding carboxylic acids is 2. The van der Waals surface area contributed by atoms with Crippen molar-refractivity contribution in [3.63, 3.8) is 0 Å². The topological polar surface area (TPSA) is 58.2 Å². The zero-order chi connectivity index (χ0) is 16.8. The fraction of sp³-hybridized carbons (Fsp3) is 0.176. The summed E-state index contributed by atoms with van der Waals surface area (Å²) in [5.74, 6) is -1.17. The van der Waals surface area contributed by atoms with Gasteiger partial charge in [-0.15, -0.1) is 0 Å². The van der Waals surface area contributed by atoms with Gasteiger partial charge in [0.1, 0.15) is 12.2 Å². The van der Waals surface area contributed by atoms with E-state index < -0.39 is 11.8 Å². The van der Waals surface area contributed by atoms with Gasteiger partial charge in [-0.25, -0.2) is 4.39 Å². The first kappa shape index (κ1) is 17.0. The first-order chi connectivity index (χ1) is 11.0. The monoisotopic (exact) mass is 334 g/mol. The Balaban J connectivity index is 1.84. The fourth-order valence-corrected chi connectivity index (χ4v) is 2.12. The maximum atomic E-state index is 12.8. The summed E-state index contributed by atoms with van der Waals surface area (Å²) >= 11 is 5.97. The van der Waals surface area contributed by atoms with E-state index in [1.54, 1.807) is 37.3 Å². The van der Waals surface area contributed by atoms with Crippen LogP contribution in [0.4, 0.5) is 10.1 Å². The van der Waals surface area contributed by atoms with Crippen LogP contribution in [-0.4, -0.2) is 11.8 Å². The predicted molar refractivity (Wildman–Crippen MR) is 87.7 cm³/mol. The Kier molecular flexibility index (Phi) is 5.71. The van der Waals surface area contributed by atoms with E-state index in [-0.39, 0.29) is 18.8 Å². The van der Waals surface area contributed by atoms with Gasteiger partial charge in [0, 0.05) is 17.3 Å². The molecule has 0 saturated carbocycles. The average molecular weight is 335 g/mol. The summed E-state index contributed by atoms with van der Waals surface area (Å²) in [6.45, 7) is 2.02. The molecule has 0 aliphatic carbocycles. The number of carbonyl (C=O) groups is 2. The van der Waals surface area contributed by atoms with Crippen LogP contribution in [0.25, 0.3) is 0 Å². The van der Waals surface area contributed by atoms with Crippen molar-refractivity contribution in [1.29, 1.82) is 0 Å². The van der Waals surface area contributed by atoms with Gasteiger partial charge in [0.15, 0.2) is 0 Å². The van der Waals surface area contributed by atoms with E-state index in [9.17, 15) is 14.0 Å². The Bertz CT molecular complexity index is 717. The molecule has 0 radical (unpaired) electrons. The van der Waals surface area contributed by atoms with E-state index in [2.05, 4.69) is 10.6 Å². The molecule has 6 heteroatoms. The lowest BCUT2D eigenvalue weighted by molar-refractivity contribution is -0.126. The quantitative estimate of drug-likeness (QED) is 0.823. The zero-order valence-corrected chi connectivity index (χ0v) is 13.3. The third-order valence-corrected chi connectivity index (χ3v) is 3.68. The van der Waals surface area contributed by atoms with Crippen molar-refractivity contribution in [1.82, 2.24) is 5.32 Å². The number of hydrogen-bond acceptors (Lipinski definition) is 2. The van der Waals surface area contributed by atoms with Crippen molar-refractivity contribution in [2.45, 2.75) is 19.9 Å². The molecule has 2 aromatic rings. The average Bonchev–Trinajstić information content (AvgIpc) is 2.51. The molecule has 0 unspecified atom stereocenters. The van der Waals surface area contributed by atoms with Crippen LogP contribution in [0.2, 0.25) is 5.02 Å². The van der Waals surface area contributed by atoms with Gasteiger partial charge in [0.05, 0.1) is 0 Å². The standard InChI is InChI=1S/C17H16ClFN2O2/c1-11-14(18)3-2-4-15(11)21-17(23)9-16(22)20-10-12-5-7-13(19)8-6-12/h2-8H,9-10H2,1H3,(H,20,22)(H,21,23). The molecule has 4 nitrogen and oxygen atoms in total. The third-order valence-electron chi connectivity index (χ3n) is 3.27. The molecular formula is C17H16ClFN2O2. The Hall–Kier alpha value is -2.40. The van der Waals surface area contributed by atoms with E-state index in [0.717, 1.165) is 11.1 Å². The minimum absolute atomic E-state index is 0.239. The molecule has 0 fully saturated rings. The highest BCUT2D eigenvalue weighted by atomic mass is 35.5. The van der Waals surface area contributed by atoms with Gasteiger partial charge in [-0.05, 0) is 42.3 Å². The Morgan fingerprint density at radius 2 is 1.78 bits per heavy atom. The number of nitrogens with one attached hydrogen (secondary N) is 2. The molecule has 0 atom stereocenters. The number of halogens is 2. The van der Waals surface area contributed by atoms with Crippen molar-refractivity contribution in [2.75, 3.05) is 5.32 Å². The second-order valence-corrected chi connectivity index (χ2v) is 5.45. The summed E-state index contributed by atoms with van der Waals surface area (Å²) < 4.78 is 12.8. The first-order valence-corrected chi connectivity index (χ1v) is 7.39. The molecule has 0 aliphatic heterocycles. The van der Waals surface area contributed by atoms with Crippen LogP contribution in [0.3, 0.4) is 0 Å². The van der Waals surface area contributed by atoms with E-state index in [1.165, 1.54) is 12.1 Å². The van der Waals surface area contributed by atoms with Gasteiger partial charge in [-0.2, -0.15) is 0 Å². The molecule has 2 rings (SSSR count). The highest BCUT2D eigenvalue weighted by Crippen LogP contribution is 2.22. The molecule has 0 aliphatic rings. The number of anilines is 1. The molecule has 2 aromatic carbocycles. The second-order valence-electron chi connectivity index (χ2n) is 5.04. The number of amides is 2. The van der Waals surface area contributed by atoms with Crippen LogP contribution in [0.5, 0.6) is 0 Å². The summed E-state index contributed by atoms with van der Waals surface area (Å²) in [5, 5.41) is 5.81. The largest absolute Gasteiger partial charge is 0.352 e. The Labute approximate surface area is 138 Å². The summed E-state index contributed by atoms with van der Waals surface area (Å²) in [5.41, 5.74) is 2.08. The van der Waals surface area contributed by atoms with Crippen molar-refractivity contribution < 1.29 is 14.0 Å². The van der Waals surface area contributed by atoms with Crippen LogP contribution in [-0.2, 0) is 16.1 Å². The summed E-state index contributed by atoms with van der Waals surface area (Å²) in [7, 11) is 0. The molecule has 0 aromatic heterocycles. The summed E-state index contributed by atoms with van der Waals surface area (Å²) in [6.07, 6.45) is -0.298. The molecule has 0 saturated heterocycles. The van der Waals surface area contributed by atoms with Gasteiger partial charge in [0.2, 0.25) is 11.8 Å². The molecule has 0 heterocycles. The van der Waals surface area contributed by atoms with E-state index in [4.69, 9.17) is 11.6 Å². The number of rotatable bonds is 5. The zero-order valence-electron chi connectivity index (χ0n) is 12.5.